The van der Waals surface area contributed by atoms with Crippen LogP contribution in [0.15, 0.2) is 36.5 Å². The molecule has 3 aromatic rings. The summed E-state index contributed by atoms with van der Waals surface area (Å²) in [4.78, 5) is 11.1. The average Bonchev–Trinajstić information content (AvgIpc) is 3.20. The first kappa shape index (κ1) is 20.8. The first-order valence-electron chi connectivity index (χ1n) is 10.5. The molecule has 1 aliphatic heterocycles. The smallest absolute Gasteiger partial charge is 0.321 e. The second-order valence-electron chi connectivity index (χ2n) is 8.28. The lowest BCUT2D eigenvalue weighted by Gasteiger charge is -2.39. The van der Waals surface area contributed by atoms with Crippen LogP contribution in [0.1, 0.15) is 12.8 Å². The summed E-state index contributed by atoms with van der Waals surface area (Å²) in [6.07, 6.45) is 4.09. The summed E-state index contributed by atoms with van der Waals surface area (Å²) >= 11 is 5.91. The number of rotatable bonds is 6. The first-order valence-corrected chi connectivity index (χ1v) is 10.9. The molecular weight excluding hydrogens is 435 g/mol. The van der Waals surface area contributed by atoms with Crippen LogP contribution in [0.4, 0.5) is 16.0 Å². The lowest BCUT2D eigenvalue weighted by atomic mass is 9.92. The molecule has 1 aliphatic carbocycles. The summed E-state index contributed by atoms with van der Waals surface area (Å²) < 4.78 is 26.1. The lowest BCUT2D eigenvalue weighted by molar-refractivity contribution is 0.374. The number of aromatic nitrogens is 4. The van der Waals surface area contributed by atoms with Crippen LogP contribution in [0, 0.1) is 17.7 Å². The maximum absolute atomic E-state index is 13.6. The Balaban J connectivity index is 1.28. The normalized spacial score (nSPS) is 22.1. The third-order valence-electron chi connectivity index (χ3n) is 6.19. The van der Waals surface area contributed by atoms with Crippen LogP contribution >= 0.6 is 11.6 Å². The molecule has 5 rings (SSSR count). The number of hydrogen-bond donors (Lipinski definition) is 1. The van der Waals surface area contributed by atoms with Gasteiger partial charge in [0.1, 0.15) is 11.6 Å². The Bertz CT molecular complexity index is 1090. The molecule has 3 atom stereocenters. The Morgan fingerprint density at radius 1 is 1.16 bits per heavy atom. The van der Waals surface area contributed by atoms with Crippen molar-refractivity contribution in [2.45, 2.75) is 18.9 Å². The predicted molar refractivity (Wildman–Crippen MR) is 119 cm³/mol. The second-order valence-corrected chi connectivity index (χ2v) is 8.71. The molecule has 2 fully saturated rings. The Morgan fingerprint density at radius 3 is 2.66 bits per heavy atom. The van der Waals surface area contributed by atoms with E-state index in [0.717, 1.165) is 31.6 Å². The average molecular weight is 459 g/mol. The van der Waals surface area contributed by atoms with Crippen LogP contribution in [0.25, 0.3) is 0 Å². The molecule has 32 heavy (non-hydrogen) atoms. The van der Waals surface area contributed by atoms with Gasteiger partial charge in [-0.15, -0.1) is 5.10 Å². The SMILES string of the molecule is COc1cc(N2C[C@H]3CC[C@@H](C2)C3Nc2nc(Oc3cc(F)cc(Cl)c3)n(C)n2)ccn1. The van der Waals surface area contributed by atoms with Gasteiger partial charge in [-0.2, -0.15) is 4.98 Å². The van der Waals surface area contributed by atoms with Crippen LogP contribution in [-0.2, 0) is 7.05 Å². The van der Waals surface area contributed by atoms with Crippen molar-refractivity contribution >= 4 is 23.2 Å². The fraction of sp³-hybridized carbons (Fsp3) is 0.409. The zero-order valence-electron chi connectivity index (χ0n) is 17.8. The maximum Gasteiger partial charge on any atom is 0.321 e. The van der Waals surface area contributed by atoms with Gasteiger partial charge in [-0.3, -0.25) is 0 Å². The number of nitrogens with one attached hydrogen (secondary N) is 1. The molecule has 0 amide bonds. The standard InChI is InChI=1S/C22H24ClFN6O2/c1-29-22(32-18-8-15(23)7-16(24)9-18)27-21(28-29)26-20-13-3-4-14(20)12-30(11-13)17-5-6-25-19(10-17)31-2/h5-10,13-14,20H,3-4,11-12H2,1-2H3,(H,26,28)/t13-,14+,20?. The fourth-order valence-electron chi connectivity index (χ4n) is 4.74. The lowest BCUT2D eigenvalue weighted by Crippen LogP contribution is -2.48. The van der Waals surface area contributed by atoms with Crippen molar-refractivity contribution in [2.75, 3.05) is 30.4 Å². The highest BCUT2D eigenvalue weighted by molar-refractivity contribution is 6.30. The molecule has 2 aromatic heterocycles. The summed E-state index contributed by atoms with van der Waals surface area (Å²) in [5, 5.41) is 8.23. The number of piperidine rings is 1. The van der Waals surface area contributed by atoms with E-state index < -0.39 is 5.82 Å². The van der Waals surface area contributed by atoms with Crippen LogP contribution in [-0.4, -0.2) is 46.0 Å². The highest BCUT2D eigenvalue weighted by atomic mass is 35.5. The molecule has 1 saturated heterocycles. The van der Waals surface area contributed by atoms with E-state index in [4.69, 9.17) is 21.1 Å². The summed E-state index contributed by atoms with van der Waals surface area (Å²) in [7, 11) is 3.37. The molecule has 168 valence electrons. The van der Waals surface area contributed by atoms with Crippen molar-refractivity contribution in [1.29, 1.82) is 0 Å². The van der Waals surface area contributed by atoms with Crippen molar-refractivity contribution in [3.8, 4) is 17.6 Å². The third kappa shape index (κ3) is 4.17. The molecule has 2 bridgehead atoms. The van der Waals surface area contributed by atoms with E-state index in [1.165, 1.54) is 22.9 Å². The molecule has 0 spiro atoms. The van der Waals surface area contributed by atoms with E-state index in [2.05, 4.69) is 25.3 Å². The highest BCUT2D eigenvalue weighted by Crippen LogP contribution is 2.40. The molecule has 1 N–H and O–H groups in total. The molecule has 3 heterocycles. The molecule has 2 aliphatic rings. The highest BCUT2D eigenvalue weighted by Gasteiger charge is 2.42. The number of nitrogens with zero attached hydrogens (tertiary/aromatic N) is 5. The van der Waals surface area contributed by atoms with Crippen molar-refractivity contribution in [1.82, 2.24) is 19.7 Å². The first-order chi connectivity index (χ1) is 15.5. The minimum absolute atomic E-state index is 0.260. The van der Waals surface area contributed by atoms with Gasteiger partial charge in [-0.1, -0.05) is 11.6 Å². The Kier molecular flexibility index (Phi) is 5.50. The monoisotopic (exact) mass is 458 g/mol. The Morgan fingerprint density at radius 2 is 1.94 bits per heavy atom. The van der Waals surface area contributed by atoms with Crippen molar-refractivity contribution in [3.63, 3.8) is 0 Å². The molecule has 1 saturated carbocycles. The van der Waals surface area contributed by atoms with Gasteiger partial charge < -0.3 is 19.7 Å². The van der Waals surface area contributed by atoms with E-state index in [1.54, 1.807) is 20.4 Å². The number of methoxy groups -OCH3 is 1. The largest absolute Gasteiger partial charge is 0.481 e. The minimum atomic E-state index is -0.469. The van der Waals surface area contributed by atoms with Crippen LogP contribution in [0.3, 0.4) is 0 Å². The molecule has 1 unspecified atom stereocenters. The summed E-state index contributed by atoms with van der Waals surface area (Å²) in [5.74, 6) is 1.89. The van der Waals surface area contributed by atoms with Crippen molar-refractivity contribution in [2.24, 2.45) is 18.9 Å². The van der Waals surface area contributed by atoms with Crippen LogP contribution in [0.5, 0.6) is 17.6 Å². The topological polar surface area (TPSA) is 77.3 Å². The van der Waals surface area contributed by atoms with Gasteiger partial charge in [0.2, 0.25) is 11.8 Å². The van der Waals surface area contributed by atoms with Crippen LogP contribution < -0.4 is 19.7 Å². The van der Waals surface area contributed by atoms with Gasteiger partial charge in [0.25, 0.3) is 0 Å². The quantitative estimate of drug-likeness (QED) is 0.595. The third-order valence-corrected chi connectivity index (χ3v) is 6.41. The van der Waals surface area contributed by atoms with E-state index in [1.807, 2.05) is 12.1 Å². The number of fused-ring (bicyclic) bond motifs is 2. The van der Waals surface area contributed by atoms with Gasteiger partial charge >= 0.3 is 6.01 Å². The number of anilines is 2. The van der Waals surface area contributed by atoms with Crippen molar-refractivity contribution < 1.29 is 13.9 Å². The zero-order chi connectivity index (χ0) is 22.2. The molecule has 10 heteroatoms. The summed E-state index contributed by atoms with van der Waals surface area (Å²) in [5.41, 5.74) is 1.13. The minimum Gasteiger partial charge on any atom is -0.481 e. The number of aryl methyl sites for hydroxylation is 1. The van der Waals surface area contributed by atoms with E-state index in [0.29, 0.717) is 23.7 Å². The fourth-order valence-corrected chi connectivity index (χ4v) is 4.95. The van der Waals surface area contributed by atoms with Gasteiger partial charge in [-0.25, -0.2) is 14.1 Å². The number of hydrogen-bond acceptors (Lipinski definition) is 7. The van der Waals surface area contributed by atoms with Crippen molar-refractivity contribution in [3.05, 3.63) is 47.4 Å². The van der Waals surface area contributed by atoms with Gasteiger partial charge in [-0.05, 0) is 42.9 Å². The molecule has 8 nitrogen and oxygen atoms in total. The van der Waals surface area contributed by atoms with Crippen LogP contribution in [0.2, 0.25) is 5.02 Å². The number of benzene rings is 1. The number of ether oxygens (including phenoxy) is 2. The summed E-state index contributed by atoms with van der Waals surface area (Å²) in [6, 6.07) is 8.58. The number of pyridine rings is 1. The van der Waals surface area contributed by atoms with E-state index in [9.17, 15) is 4.39 Å². The predicted octanol–water partition coefficient (Wildman–Crippen LogP) is 4.13. The van der Waals surface area contributed by atoms with Gasteiger partial charge in [0.15, 0.2) is 0 Å². The van der Waals surface area contributed by atoms with E-state index in [-0.39, 0.29) is 22.8 Å². The van der Waals surface area contributed by atoms with E-state index >= 15 is 0 Å². The summed E-state index contributed by atoms with van der Waals surface area (Å²) in [6.45, 7) is 1.89. The Labute approximate surface area is 190 Å². The molecular formula is C22H24ClFN6O2. The maximum atomic E-state index is 13.6. The molecule has 0 radical (unpaired) electrons. The number of halogens is 2. The van der Waals surface area contributed by atoms with Gasteiger partial charge in [0, 0.05) is 55.2 Å². The van der Waals surface area contributed by atoms with Gasteiger partial charge in [0.05, 0.1) is 7.11 Å². The molecule has 1 aromatic carbocycles. The zero-order valence-corrected chi connectivity index (χ0v) is 18.6. The Hall–Kier alpha value is -3.07. The second kappa shape index (κ2) is 8.46.